The lowest BCUT2D eigenvalue weighted by Gasteiger charge is -2.20. The van der Waals surface area contributed by atoms with Gasteiger partial charge in [0.1, 0.15) is 0 Å². The quantitative estimate of drug-likeness (QED) is 0.254. The molecule has 132 valence electrons. The van der Waals surface area contributed by atoms with E-state index in [2.05, 4.69) is 128 Å². The number of rotatable bonds is 7. The summed E-state index contributed by atoms with van der Waals surface area (Å²) < 4.78 is 0.178. The Morgan fingerprint density at radius 1 is 0.800 bits per heavy atom. The number of benzene rings is 2. The van der Waals surface area contributed by atoms with Crippen molar-refractivity contribution >= 4 is 40.4 Å². The van der Waals surface area contributed by atoms with Crippen LogP contribution in [0.5, 0.6) is 0 Å². The molecular formula is C23H28IN. The summed E-state index contributed by atoms with van der Waals surface area (Å²) in [7, 11) is 0. The van der Waals surface area contributed by atoms with Crippen molar-refractivity contribution in [2.45, 2.75) is 31.1 Å². The van der Waals surface area contributed by atoms with Crippen molar-refractivity contribution in [3.8, 4) is 0 Å². The van der Waals surface area contributed by atoms with E-state index >= 15 is 0 Å². The summed E-state index contributed by atoms with van der Waals surface area (Å²) in [6.45, 7) is 10.9. The fourth-order valence-electron chi connectivity index (χ4n) is 2.71. The number of hydrogen-bond donors (Lipinski definition) is 0. The summed E-state index contributed by atoms with van der Waals surface area (Å²) in [6, 6.07) is 17.5. The van der Waals surface area contributed by atoms with Crippen LogP contribution in [0.15, 0.2) is 60.7 Å². The standard InChI is InChI=1S/C23H28IN/c1-5-25(6-2)22-17-13-20(14-18-22)10-8-7-9-19-11-15-21(16-12-19)23(3,4)24/h7-18H,5-6H2,1-4H3/b9-7+,10-8+. The zero-order chi connectivity index (χ0) is 18.3. The minimum atomic E-state index is 0.178. The van der Waals surface area contributed by atoms with Crippen LogP contribution < -0.4 is 4.90 Å². The average Bonchev–Trinajstić information content (AvgIpc) is 2.60. The lowest BCUT2D eigenvalue weighted by Crippen LogP contribution is -2.21. The summed E-state index contributed by atoms with van der Waals surface area (Å²) in [5.74, 6) is 0. The molecule has 0 fully saturated rings. The number of halogens is 1. The molecule has 0 spiro atoms. The van der Waals surface area contributed by atoms with E-state index in [1.54, 1.807) is 0 Å². The van der Waals surface area contributed by atoms with Gasteiger partial charge < -0.3 is 4.90 Å². The molecule has 2 aromatic carbocycles. The topological polar surface area (TPSA) is 3.24 Å². The smallest absolute Gasteiger partial charge is 0.0414 e. The van der Waals surface area contributed by atoms with Gasteiger partial charge in [0, 0.05) is 22.2 Å². The summed E-state index contributed by atoms with van der Waals surface area (Å²) >= 11 is 2.47. The molecule has 0 bridgehead atoms. The molecule has 0 amide bonds. The number of anilines is 1. The lowest BCUT2D eigenvalue weighted by atomic mass is 10.0. The normalized spacial score (nSPS) is 12.2. The molecule has 0 aliphatic heterocycles. The molecule has 2 rings (SSSR count). The monoisotopic (exact) mass is 445 g/mol. The van der Waals surface area contributed by atoms with Crippen molar-refractivity contribution in [3.63, 3.8) is 0 Å². The number of allylic oxidation sites excluding steroid dienone is 2. The van der Waals surface area contributed by atoms with Crippen LogP contribution in [0.1, 0.15) is 44.4 Å². The van der Waals surface area contributed by atoms with Crippen LogP contribution in [0.25, 0.3) is 12.2 Å². The first-order chi connectivity index (χ1) is 11.9. The molecule has 0 saturated carbocycles. The highest BCUT2D eigenvalue weighted by molar-refractivity contribution is 14.1. The highest BCUT2D eigenvalue weighted by atomic mass is 127. The van der Waals surface area contributed by atoms with Crippen LogP contribution in [-0.4, -0.2) is 13.1 Å². The molecule has 0 unspecified atom stereocenters. The summed E-state index contributed by atoms with van der Waals surface area (Å²) in [6.07, 6.45) is 8.49. The molecule has 1 nitrogen and oxygen atoms in total. The first-order valence-electron chi connectivity index (χ1n) is 8.93. The van der Waals surface area contributed by atoms with E-state index in [4.69, 9.17) is 0 Å². The second-order valence-corrected chi connectivity index (χ2v) is 9.27. The maximum absolute atomic E-state index is 2.47. The summed E-state index contributed by atoms with van der Waals surface area (Å²) in [5.41, 5.74) is 5.10. The molecule has 0 aliphatic carbocycles. The Morgan fingerprint density at radius 3 is 1.64 bits per heavy atom. The van der Waals surface area contributed by atoms with Gasteiger partial charge in [-0.1, -0.05) is 83.3 Å². The van der Waals surface area contributed by atoms with Gasteiger partial charge in [0.2, 0.25) is 0 Å². The van der Waals surface area contributed by atoms with Crippen LogP contribution in [0.2, 0.25) is 0 Å². The van der Waals surface area contributed by atoms with Crippen LogP contribution in [0.3, 0.4) is 0 Å². The lowest BCUT2D eigenvalue weighted by molar-refractivity contribution is 0.827. The number of hydrogen-bond acceptors (Lipinski definition) is 1. The number of nitrogens with zero attached hydrogens (tertiary/aromatic N) is 1. The second-order valence-electron chi connectivity index (χ2n) is 6.58. The third-order valence-electron chi connectivity index (χ3n) is 4.31. The first-order valence-corrected chi connectivity index (χ1v) is 10.0. The van der Waals surface area contributed by atoms with E-state index in [1.807, 2.05) is 0 Å². The zero-order valence-electron chi connectivity index (χ0n) is 15.7. The van der Waals surface area contributed by atoms with Gasteiger partial charge in [-0.25, -0.2) is 0 Å². The van der Waals surface area contributed by atoms with Gasteiger partial charge >= 0.3 is 0 Å². The Bertz CT molecular complexity index is 699. The summed E-state index contributed by atoms with van der Waals surface area (Å²) in [5, 5.41) is 0. The SMILES string of the molecule is CCN(CC)c1ccc(/C=C/C=C/c2ccc(C(C)(C)I)cc2)cc1. The minimum Gasteiger partial charge on any atom is -0.372 e. The van der Waals surface area contributed by atoms with E-state index in [9.17, 15) is 0 Å². The largest absolute Gasteiger partial charge is 0.372 e. The Balaban J connectivity index is 1.97. The van der Waals surface area contributed by atoms with E-state index in [0.29, 0.717) is 0 Å². The van der Waals surface area contributed by atoms with Crippen LogP contribution in [0.4, 0.5) is 5.69 Å². The Labute approximate surface area is 166 Å². The molecule has 0 heterocycles. The molecule has 25 heavy (non-hydrogen) atoms. The van der Waals surface area contributed by atoms with Crippen LogP contribution in [-0.2, 0) is 3.42 Å². The predicted molar refractivity (Wildman–Crippen MR) is 122 cm³/mol. The zero-order valence-corrected chi connectivity index (χ0v) is 17.8. The highest BCUT2D eigenvalue weighted by Gasteiger charge is 2.14. The van der Waals surface area contributed by atoms with Crippen molar-refractivity contribution in [2.75, 3.05) is 18.0 Å². The molecule has 0 radical (unpaired) electrons. The fourth-order valence-corrected chi connectivity index (χ4v) is 3.07. The van der Waals surface area contributed by atoms with Crippen LogP contribution in [0, 0.1) is 0 Å². The maximum atomic E-state index is 2.47. The Kier molecular flexibility index (Phi) is 7.30. The second kappa shape index (κ2) is 9.23. The maximum Gasteiger partial charge on any atom is 0.0414 e. The third-order valence-corrected chi connectivity index (χ3v) is 4.93. The molecule has 2 aromatic rings. The Hall–Kier alpha value is -1.55. The van der Waals surface area contributed by atoms with Gasteiger partial charge in [0.15, 0.2) is 0 Å². The Morgan fingerprint density at radius 2 is 1.24 bits per heavy atom. The van der Waals surface area contributed by atoms with Crippen LogP contribution >= 0.6 is 22.6 Å². The molecule has 2 heteroatoms. The van der Waals surface area contributed by atoms with Gasteiger partial charge in [0.05, 0.1) is 0 Å². The van der Waals surface area contributed by atoms with Gasteiger partial charge in [0.25, 0.3) is 0 Å². The van der Waals surface area contributed by atoms with E-state index < -0.39 is 0 Å². The van der Waals surface area contributed by atoms with Crippen molar-refractivity contribution in [3.05, 3.63) is 77.4 Å². The predicted octanol–water partition coefficient (Wildman–Crippen LogP) is 6.93. The van der Waals surface area contributed by atoms with Gasteiger partial charge in [-0.15, -0.1) is 0 Å². The third kappa shape index (κ3) is 6.03. The minimum absolute atomic E-state index is 0.178. The van der Waals surface area contributed by atoms with Crippen molar-refractivity contribution < 1.29 is 0 Å². The van der Waals surface area contributed by atoms with Crippen molar-refractivity contribution in [1.29, 1.82) is 0 Å². The van der Waals surface area contributed by atoms with Gasteiger partial charge in [-0.05, 0) is 56.5 Å². The van der Waals surface area contributed by atoms with Crippen molar-refractivity contribution in [2.24, 2.45) is 0 Å². The van der Waals surface area contributed by atoms with Gasteiger partial charge in [-0.2, -0.15) is 0 Å². The average molecular weight is 445 g/mol. The highest BCUT2D eigenvalue weighted by Crippen LogP contribution is 2.30. The molecule has 0 aromatic heterocycles. The van der Waals surface area contributed by atoms with E-state index in [1.165, 1.54) is 22.4 Å². The van der Waals surface area contributed by atoms with Gasteiger partial charge in [-0.3, -0.25) is 0 Å². The van der Waals surface area contributed by atoms with E-state index in [0.717, 1.165) is 13.1 Å². The molecule has 0 N–H and O–H groups in total. The van der Waals surface area contributed by atoms with Crippen molar-refractivity contribution in [1.82, 2.24) is 0 Å². The number of alkyl halides is 1. The fraction of sp³-hybridized carbons (Fsp3) is 0.304. The van der Waals surface area contributed by atoms with E-state index in [-0.39, 0.29) is 3.42 Å². The molecular weight excluding hydrogens is 417 g/mol. The first kappa shape index (κ1) is 19.8. The molecule has 0 aliphatic rings. The molecule has 0 atom stereocenters. The summed E-state index contributed by atoms with van der Waals surface area (Å²) in [4.78, 5) is 2.36. The molecule has 0 saturated heterocycles.